The van der Waals surface area contributed by atoms with E-state index in [-0.39, 0.29) is 11.7 Å². The topological polar surface area (TPSA) is 134 Å². The van der Waals surface area contributed by atoms with E-state index in [1.807, 2.05) is 0 Å². The molecule has 9 heteroatoms. The van der Waals surface area contributed by atoms with Gasteiger partial charge < -0.3 is 25.4 Å². The van der Waals surface area contributed by atoms with Crippen molar-refractivity contribution in [2.24, 2.45) is 0 Å². The summed E-state index contributed by atoms with van der Waals surface area (Å²) in [7, 11) is 0. The predicted octanol–water partition coefficient (Wildman–Crippen LogP) is 3.38. The minimum absolute atomic E-state index is 0.118. The molecule has 36 heavy (non-hydrogen) atoms. The van der Waals surface area contributed by atoms with E-state index in [4.69, 9.17) is 4.74 Å². The van der Waals surface area contributed by atoms with E-state index in [0.29, 0.717) is 6.42 Å². The third kappa shape index (κ3) is 10.2. The van der Waals surface area contributed by atoms with Crippen LogP contribution in [0.1, 0.15) is 77.4 Å². The van der Waals surface area contributed by atoms with Gasteiger partial charge in [0, 0.05) is 12.6 Å². The molecule has 4 atom stereocenters. The molecular formula is C27H41N3O6. The lowest BCUT2D eigenvalue weighted by atomic mass is 10.1. The van der Waals surface area contributed by atoms with E-state index in [1.54, 1.807) is 0 Å². The molecule has 2 heterocycles. The number of aromatic nitrogens is 2. The minimum atomic E-state index is -1.38. The van der Waals surface area contributed by atoms with Crippen LogP contribution in [0.4, 0.5) is 5.82 Å². The summed E-state index contributed by atoms with van der Waals surface area (Å²) >= 11 is 0. The lowest BCUT2D eigenvalue weighted by Crippen LogP contribution is -2.36. The van der Waals surface area contributed by atoms with Gasteiger partial charge in [0.15, 0.2) is 6.23 Å². The lowest BCUT2D eigenvalue weighted by molar-refractivity contribution is -0.116. The van der Waals surface area contributed by atoms with Gasteiger partial charge in [0.1, 0.15) is 24.1 Å². The second-order valence-corrected chi connectivity index (χ2v) is 8.88. The van der Waals surface area contributed by atoms with E-state index in [1.165, 1.54) is 12.3 Å². The Morgan fingerprint density at radius 1 is 1.03 bits per heavy atom. The van der Waals surface area contributed by atoms with E-state index < -0.39 is 36.8 Å². The van der Waals surface area contributed by atoms with Gasteiger partial charge in [-0.25, -0.2) is 4.79 Å². The van der Waals surface area contributed by atoms with Gasteiger partial charge in [0.25, 0.3) is 0 Å². The number of unbranched alkanes of at least 4 members (excludes halogenated alkanes) is 5. The molecule has 0 aliphatic carbocycles. The number of hydrogen-bond acceptors (Lipinski definition) is 7. The summed E-state index contributed by atoms with van der Waals surface area (Å²) < 4.78 is 6.36. The second-order valence-electron chi connectivity index (χ2n) is 8.88. The average Bonchev–Trinajstić information content (AvgIpc) is 3.15. The molecule has 0 bridgehead atoms. The lowest BCUT2D eigenvalue weighted by Gasteiger charge is -2.17. The zero-order valence-corrected chi connectivity index (χ0v) is 21.2. The molecule has 2 rings (SSSR count). The van der Waals surface area contributed by atoms with Crippen molar-refractivity contribution in [3.05, 3.63) is 59.2 Å². The normalized spacial score (nSPS) is 22.3. The Morgan fingerprint density at radius 2 is 1.69 bits per heavy atom. The maximum atomic E-state index is 12.3. The van der Waals surface area contributed by atoms with E-state index in [2.05, 4.69) is 53.7 Å². The quantitative estimate of drug-likeness (QED) is 0.201. The van der Waals surface area contributed by atoms with E-state index in [9.17, 15) is 24.9 Å². The van der Waals surface area contributed by atoms with Crippen molar-refractivity contribution in [1.29, 1.82) is 0 Å². The zero-order chi connectivity index (χ0) is 26.2. The van der Waals surface area contributed by atoms with Crippen molar-refractivity contribution in [1.82, 2.24) is 9.55 Å². The molecule has 0 unspecified atom stereocenters. The molecule has 4 N–H and O–H groups in total. The molecule has 0 radical (unpaired) electrons. The third-order valence-corrected chi connectivity index (χ3v) is 5.94. The van der Waals surface area contributed by atoms with Crippen LogP contribution in [0, 0.1) is 0 Å². The van der Waals surface area contributed by atoms with Crippen LogP contribution >= 0.6 is 0 Å². The Bertz CT molecular complexity index is 926. The Morgan fingerprint density at radius 3 is 2.36 bits per heavy atom. The van der Waals surface area contributed by atoms with E-state index in [0.717, 1.165) is 62.4 Å². The minimum Gasteiger partial charge on any atom is -0.394 e. The van der Waals surface area contributed by atoms with Crippen LogP contribution in [0.25, 0.3) is 0 Å². The van der Waals surface area contributed by atoms with Crippen molar-refractivity contribution >= 4 is 11.7 Å². The predicted molar refractivity (Wildman–Crippen MR) is 139 cm³/mol. The van der Waals surface area contributed by atoms with Gasteiger partial charge in [-0.3, -0.25) is 9.36 Å². The number of carbonyl (C=O) groups is 1. The zero-order valence-electron chi connectivity index (χ0n) is 21.2. The van der Waals surface area contributed by atoms with Crippen molar-refractivity contribution in [2.75, 3.05) is 11.9 Å². The summed E-state index contributed by atoms with van der Waals surface area (Å²) in [5, 5.41) is 31.7. The number of ether oxygens (including phenoxy) is 1. The molecule has 0 saturated carbocycles. The van der Waals surface area contributed by atoms with Gasteiger partial charge in [0.05, 0.1) is 6.61 Å². The van der Waals surface area contributed by atoms with Crippen LogP contribution in [0.15, 0.2) is 53.5 Å². The number of aliphatic hydroxyl groups excluding tert-OH is 3. The monoisotopic (exact) mass is 503 g/mol. The number of carbonyl (C=O) groups excluding carboxylic acids is 1. The Kier molecular flexibility index (Phi) is 14.0. The second kappa shape index (κ2) is 17.0. The summed E-state index contributed by atoms with van der Waals surface area (Å²) in [5.41, 5.74) is -0.739. The Hall–Kier alpha value is -2.59. The molecule has 0 spiro atoms. The standard InChI is InChI=1S/C27H41N3O6/c1-2-3-4-5-6-7-8-9-10-11-12-13-14-15-16-17-23(32)28-22-18-19-30(27(35)29-22)26-25(34)24(33)21(20-31)36-26/h3-4,6-7,9-10,18-19,21,24-26,31,33-34H,2,5,8,11-17,20H2,1H3,(H,28,29,32,35)/t21-,24-,25+,26-/m1/s1. The molecule has 9 nitrogen and oxygen atoms in total. The highest BCUT2D eigenvalue weighted by Gasteiger charge is 2.43. The number of amides is 1. The van der Waals surface area contributed by atoms with Crippen molar-refractivity contribution in [2.45, 2.75) is 95.7 Å². The van der Waals surface area contributed by atoms with Gasteiger partial charge in [-0.1, -0.05) is 62.6 Å². The number of aliphatic hydroxyl groups is 3. The molecule has 1 aromatic heterocycles. The Labute approximate surface area is 213 Å². The number of hydrogen-bond donors (Lipinski definition) is 4. The van der Waals surface area contributed by atoms with Crippen LogP contribution in [-0.4, -0.2) is 55.7 Å². The molecule has 1 fully saturated rings. The first-order chi connectivity index (χ1) is 17.5. The number of nitrogens with zero attached hydrogens (tertiary/aromatic N) is 2. The van der Waals surface area contributed by atoms with Crippen LogP contribution < -0.4 is 11.0 Å². The molecule has 1 aromatic rings. The smallest absolute Gasteiger partial charge is 0.351 e. The van der Waals surface area contributed by atoms with Crippen LogP contribution in [0.5, 0.6) is 0 Å². The fraction of sp³-hybridized carbons (Fsp3) is 0.593. The Balaban J connectivity index is 1.58. The largest absolute Gasteiger partial charge is 0.394 e. The van der Waals surface area contributed by atoms with Gasteiger partial charge in [-0.05, 0) is 44.6 Å². The molecule has 200 valence electrons. The molecule has 0 aromatic carbocycles. The number of allylic oxidation sites excluding steroid dienone is 6. The first kappa shape index (κ1) is 29.6. The SMILES string of the molecule is CCC=CCC=CCC=CCCCCCCCC(=O)Nc1ccn([C@@H]2O[C@H](CO)[C@@H](O)[C@@H]2O)c(=O)n1. The number of rotatable bonds is 16. The highest BCUT2D eigenvalue weighted by molar-refractivity contribution is 5.89. The fourth-order valence-corrected chi connectivity index (χ4v) is 3.90. The van der Waals surface area contributed by atoms with Gasteiger partial charge in [0.2, 0.25) is 5.91 Å². The van der Waals surface area contributed by atoms with Gasteiger partial charge in [-0.15, -0.1) is 0 Å². The molecule has 1 saturated heterocycles. The first-order valence-corrected chi connectivity index (χ1v) is 12.9. The van der Waals surface area contributed by atoms with Crippen LogP contribution in [0.3, 0.4) is 0 Å². The van der Waals surface area contributed by atoms with Gasteiger partial charge >= 0.3 is 5.69 Å². The summed E-state index contributed by atoms with van der Waals surface area (Å²) in [5.74, 6) is -0.0965. The highest BCUT2D eigenvalue weighted by atomic mass is 16.6. The molecular weight excluding hydrogens is 462 g/mol. The molecule has 1 amide bonds. The summed E-state index contributed by atoms with van der Waals surface area (Å²) in [6.07, 6.45) is 19.2. The van der Waals surface area contributed by atoms with Crippen molar-refractivity contribution in [3.8, 4) is 0 Å². The van der Waals surface area contributed by atoms with Crippen LogP contribution in [0.2, 0.25) is 0 Å². The van der Waals surface area contributed by atoms with Crippen molar-refractivity contribution in [3.63, 3.8) is 0 Å². The average molecular weight is 504 g/mol. The first-order valence-electron chi connectivity index (χ1n) is 12.9. The number of nitrogens with one attached hydrogen (secondary N) is 1. The van der Waals surface area contributed by atoms with Crippen LogP contribution in [-0.2, 0) is 9.53 Å². The summed E-state index contributed by atoms with van der Waals surface area (Å²) in [4.78, 5) is 28.3. The van der Waals surface area contributed by atoms with E-state index >= 15 is 0 Å². The molecule has 1 aliphatic heterocycles. The van der Waals surface area contributed by atoms with Crippen molar-refractivity contribution < 1.29 is 24.9 Å². The fourth-order valence-electron chi connectivity index (χ4n) is 3.90. The number of anilines is 1. The summed E-state index contributed by atoms with van der Waals surface area (Å²) in [6, 6.07) is 1.43. The maximum Gasteiger partial charge on any atom is 0.351 e. The highest BCUT2D eigenvalue weighted by Crippen LogP contribution is 2.28. The van der Waals surface area contributed by atoms with Gasteiger partial charge in [-0.2, -0.15) is 4.98 Å². The molecule has 1 aliphatic rings. The third-order valence-electron chi connectivity index (χ3n) is 5.94. The summed E-state index contributed by atoms with van der Waals surface area (Å²) in [6.45, 7) is 1.64. The maximum absolute atomic E-state index is 12.3.